The Hall–Kier alpha value is -0.270. The van der Waals surface area contributed by atoms with E-state index in [1.54, 1.807) is 6.08 Å². The SMILES string of the molecule is O=C=NCCCCCCCCCCCCCCCCS. The maximum absolute atomic E-state index is 9.86. The van der Waals surface area contributed by atoms with Crippen LogP contribution < -0.4 is 0 Å². The Morgan fingerprint density at radius 3 is 1.30 bits per heavy atom. The minimum Gasteiger partial charge on any atom is -0.211 e. The monoisotopic (exact) mass is 299 g/mol. The van der Waals surface area contributed by atoms with E-state index in [-0.39, 0.29) is 0 Å². The van der Waals surface area contributed by atoms with Gasteiger partial charge in [-0.05, 0) is 18.6 Å². The van der Waals surface area contributed by atoms with Gasteiger partial charge in [0.05, 0.1) is 6.54 Å². The van der Waals surface area contributed by atoms with Crippen molar-refractivity contribution in [1.29, 1.82) is 0 Å². The highest BCUT2D eigenvalue weighted by molar-refractivity contribution is 7.80. The molecule has 0 aliphatic heterocycles. The summed E-state index contributed by atoms with van der Waals surface area (Å²) in [6.07, 6.45) is 20.4. The highest BCUT2D eigenvalue weighted by atomic mass is 32.1. The Labute approximate surface area is 131 Å². The van der Waals surface area contributed by atoms with Crippen molar-refractivity contribution in [2.45, 2.75) is 89.9 Å². The Kier molecular flexibility index (Phi) is 18.5. The van der Waals surface area contributed by atoms with Gasteiger partial charge in [-0.25, -0.2) is 9.79 Å². The molecule has 0 atom stereocenters. The lowest BCUT2D eigenvalue weighted by atomic mass is 10.0. The summed E-state index contributed by atoms with van der Waals surface area (Å²) in [4.78, 5) is 13.4. The summed E-state index contributed by atoms with van der Waals surface area (Å²) in [5, 5.41) is 0. The third-order valence-corrected chi connectivity index (χ3v) is 4.06. The minimum absolute atomic E-state index is 0.664. The molecule has 2 nitrogen and oxygen atoms in total. The van der Waals surface area contributed by atoms with Gasteiger partial charge in [0.2, 0.25) is 6.08 Å². The number of carbonyl (C=O) groups excluding carboxylic acids is 1. The zero-order valence-corrected chi connectivity index (χ0v) is 14.0. The van der Waals surface area contributed by atoms with Crippen molar-refractivity contribution in [2.24, 2.45) is 4.99 Å². The fraction of sp³-hybridized carbons (Fsp3) is 0.941. The number of rotatable bonds is 16. The average molecular weight is 300 g/mol. The molecule has 0 aromatic heterocycles. The van der Waals surface area contributed by atoms with Crippen molar-refractivity contribution in [3.8, 4) is 0 Å². The van der Waals surface area contributed by atoms with Gasteiger partial charge >= 0.3 is 0 Å². The van der Waals surface area contributed by atoms with Crippen molar-refractivity contribution < 1.29 is 4.79 Å². The summed E-state index contributed by atoms with van der Waals surface area (Å²) in [5.74, 6) is 1.05. The first-order valence-electron chi connectivity index (χ1n) is 8.56. The lowest BCUT2D eigenvalue weighted by Gasteiger charge is -2.02. The fourth-order valence-corrected chi connectivity index (χ4v) is 2.69. The van der Waals surface area contributed by atoms with Crippen LogP contribution in [0.1, 0.15) is 89.9 Å². The first-order chi connectivity index (χ1) is 9.91. The molecule has 20 heavy (non-hydrogen) atoms. The Morgan fingerprint density at radius 1 is 0.600 bits per heavy atom. The van der Waals surface area contributed by atoms with Gasteiger partial charge in [-0.1, -0.05) is 77.0 Å². The summed E-state index contributed by atoms with van der Waals surface area (Å²) in [6, 6.07) is 0. The summed E-state index contributed by atoms with van der Waals surface area (Å²) in [5.41, 5.74) is 0. The molecular formula is C17H33NOS. The first-order valence-corrected chi connectivity index (χ1v) is 9.19. The van der Waals surface area contributed by atoms with Crippen molar-refractivity contribution >= 4 is 18.7 Å². The molecule has 0 fully saturated rings. The second-order valence-corrected chi connectivity index (χ2v) is 6.09. The number of nitrogens with zero attached hydrogens (tertiary/aromatic N) is 1. The number of hydrogen-bond donors (Lipinski definition) is 1. The van der Waals surface area contributed by atoms with E-state index in [1.165, 1.54) is 83.5 Å². The van der Waals surface area contributed by atoms with E-state index in [1.807, 2.05) is 0 Å². The number of isocyanates is 1. The van der Waals surface area contributed by atoms with E-state index in [9.17, 15) is 4.79 Å². The predicted octanol–water partition coefficient (Wildman–Crippen LogP) is 5.71. The number of hydrogen-bond acceptors (Lipinski definition) is 3. The molecule has 0 aliphatic rings. The van der Waals surface area contributed by atoms with E-state index in [2.05, 4.69) is 17.6 Å². The van der Waals surface area contributed by atoms with Crippen LogP contribution in [0.4, 0.5) is 0 Å². The Bertz CT molecular complexity index is 227. The minimum atomic E-state index is 0.664. The zero-order chi connectivity index (χ0) is 14.7. The summed E-state index contributed by atoms with van der Waals surface area (Å²) < 4.78 is 0. The molecule has 0 aliphatic carbocycles. The molecule has 0 saturated carbocycles. The van der Waals surface area contributed by atoms with Crippen LogP contribution in [0.2, 0.25) is 0 Å². The standard InChI is InChI=1S/C17H33NOS/c19-17-18-15-13-11-9-7-5-3-1-2-4-6-8-10-12-14-16-20/h20H,1-16H2. The summed E-state index contributed by atoms with van der Waals surface area (Å²) >= 11 is 4.23. The first kappa shape index (κ1) is 19.7. The topological polar surface area (TPSA) is 29.4 Å². The van der Waals surface area contributed by atoms with Crippen LogP contribution in [0.5, 0.6) is 0 Å². The molecule has 0 bridgehead atoms. The fourth-order valence-electron chi connectivity index (χ4n) is 2.47. The third-order valence-electron chi connectivity index (χ3n) is 3.74. The van der Waals surface area contributed by atoms with Gasteiger partial charge in [-0.3, -0.25) is 0 Å². The van der Waals surface area contributed by atoms with Crippen LogP contribution in [0.3, 0.4) is 0 Å². The maximum atomic E-state index is 9.86. The van der Waals surface area contributed by atoms with E-state index >= 15 is 0 Å². The van der Waals surface area contributed by atoms with Crippen molar-refractivity contribution in [3.05, 3.63) is 0 Å². The van der Waals surface area contributed by atoms with Gasteiger partial charge in [0.25, 0.3) is 0 Å². The van der Waals surface area contributed by atoms with Crippen LogP contribution in [0.15, 0.2) is 4.99 Å². The molecular weight excluding hydrogens is 266 g/mol. The molecule has 3 heteroatoms. The second-order valence-electron chi connectivity index (χ2n) is 5.65. The van der Waals surface area contributed by atoms with Crippen LogP contribution in [-0.4, -0.2) is 18.4 Å². The lowest BCUT2D eigenvalue weighted by molar-refractivity contribution is 0.536. The van der Waals surface area contributed by atoms with Crippen LogP contribution in [-0.2, 0) is 4.79 Å². The van der Waals surface area contributed by atoms with Gasteiger partial charge < -0.3 is 0 Å². The molecule has 118 valence electrons. The largest absolute Gasteiger partial charge is 0.234 e. The van der Waals surface area contributed by atoms with E-state index in [0.717, 1.165) is 12.2 Å². The summed E-state index contributed by atoms with van der Waals surface area (Å²) in [6.45, 7) is 0.664. The van der Waals surface area contributed by atoms with Gasteiger partial charge in [-0.15, -0.1) is 0 Å². The normalized spacial score (nSPS) is 10.4. The van der Waals surface area contributed by atoms with E-state index in [4.69, 9.17) is 0 Å². The third kappa shape index (κ3) is 17.7. The molecule has 0 aromatic carbocycles. The molecule has 0 N–H and O–H groups in total. The molecule has 0 saturated heterocycles. The predicted molar refractivity (Wildman–Crippen MR) is 91.5 cm³/mol. The van der Waals surface area contributed by atoms with Crippen LogP contribution >= 0.6 is 12.6 Å². The maximum Gasteiger partial charge on any atom is 0.234 e. The molecule has 0 heterocycles. The van der Waals surface area contributed by atoms with E-state index in [0.29, 0.717) is 6.54 Å². The summed E-state index contributed by atoms with van der Waals surface area (Å²) in [7, 11) is 0. The second kappa shape index (κ2) is 18.7. The van der Waals surface area contributed by atoms with Crippen LogP contribution in [0.25, 0.3) is 0 Å². The number of thiol groups is 1. The molecule has 0 spiro atoms. The molecule has 0 unspecified atom stereocenters. The highest BCUT2D eigenvalue weighted by Crippen LogP contribution is 2.13. The lowest BCUT2D eigenvalue weighted by Crippen LogP contribution is -1.84. The van der Waals surface area contributed by atoms with E-state index < -0.39 is 0 Å². The zero-order valence-electron chi connectivity index (χ0n) is 13.1. The number of aliphatic imine (C=N–C) groups is 1. The highest BCUT2D eigenvalue weighted by Gasteiger charge is 1.94. The van der Waals surface area contributed by atoms with Gasteiger partial charge in [-0.2, -0.15) is 12.6 Å². The number of unbranched alkanes of at least 4 members (excludes halogenated alkanes) is 13. The van der Waals surface area contributed by atoms with Crippen molar-refractivity contribution in [2.75, 3.05) is 12.3 Å². The van der Waals surface area contributed by atoms with Crippen LogP contribution in [0, 0.1) is 0 Å². The molecule has 0 radical (unpaired) electrons. The average Bonchev–Trinajstić information content (AvgIpc) is 2.47. The smallest absolute Gasteiger partial charge is 0.211 e. The quantitative estimate of drug-likeness (QED) is 0.168. The Morgan fingerprint density at radius 2 is 0.950 bits per heavy atom. The molecule has 0 aromatic rings. The van der Waals surface area contributed by atoms with Gasteiger partial charge in [0.1, 0.15) is 0 Å². The van der Waals surface area contributed by atoms with Crippen molar-refractivity contribution in [1.82, 2.24) is 0 Å². The molecule has 0 rings (SSSR count). The van der Waals surface area contributed by atoms with Gasteiger partial charge in [0.15, 0.2) is 0 Å². The molecule has 0 amide bonds. The van der Waals surface area contributed by atoms with Gasteiger partial charge in [0, 0.05) is 0 Å². The van der Waals surface area contributed by atoms with Crippen molar-refractivity contribution in [3.63, 3.8) is 0 Å². The Balaban J connectivity index is 2.94.